The maximum absolute atomic E-state index is 13.3. The Morgan fingerprint density at radius 2 is 1.59 bits per heavy atom. The van der Waals surface area contributed by atoms with Gasteiger partial charge in [-0.25, -0.2) is 0 Å². The van der Waals surface area contributed by atoms with Gasteiger partial charge in [-0.05, 0) is 69.0 Å². The molecule has 1 atom stereocenters. The smallest absolute Gasteiger partial charge is 0.305 e. The summed E-state index contributed by atoms with van der Waals surface area (Å²) in [6, 6.07) is 37.6. The molecule has 0 aliphatic heterocycles. The molecule has 0 bridgehead atoms. The molecule has 3 aromatic heterocycles. The fourth-order valence-corrected chi connectivity index (χ4v) is 7.73. The Morgan fingerprint density at radius 3 is 2.27 bits per heavy atom. The number of hydrogen-bond acceptors (Lipinski definition) is 3. The molecule has 0 N–H and O–H groups in total. The van der Waals surface area contributed by atoms with Crippen LogP contribution in [0.5, 0.6) is 0 Å². The van der Waals surface area contributed by atoms with Crippen molar-refractivity contribution >= 4 is 44.8 Å². The topological polar surface area (TPSA) is 25.8 Å². The molecule has 0 aliphatic carbocycles. The van der Waals surface area contributed by atoms with Crippen LogP contribution in [-0.4, -0.2) is 18.0 Å². The Balaban J connectivity index is 0.000000241. The SMILES string of the molecule is C[Si](C)(C)c1ccc(-c2[c-]cccc2)nc1.[2H]C(C)(c1cccc(C)c1)c1ccnc(-c2[c-]ccc3c2sc2ccc(C(F)(F)F)cc23)c1.[Ir]. The fourth-order valence-electron chi connectivity index (χ4n) is 5.50. The van der Waals surface area contributed by atoms with Crippen molar-refractivity contribution in [2.24, 2.45) is 0 Å². The summed E-state index contributed by atoms with van der Waals surface area (Å²) in [5, 5.41) is 2.71. The molecule has 8 heteroatoms. The van der Waals surface area contributed by atoms with Crippen molar-refractivity contribution in [3.05, 3.63) is 150 Å². The van der Waals surface area contributed by atoms with E-state index in [-0.39, 0.29) is 20.1 Å². The van der Waals surface area contributed by atoms with Crippen molar-refractivity contribution in [3.63, 3.8) is 0 Å². The van der Waals surface area contributed by atoms with Crippen molar-refractivity contribution < 1.29 is 34.6 Å². The summed E-state index contributed by atoms with van der Waals surface area (Å²) in [7, 11) is -1.23. The zero-order chi connectivity index (χ0) is 35.0. The first kappa shape index (κ1) is 34.9. The number of halogens is 3. The number of rotatable bonds is 5. The summed E-state index contributed by atoms with van der Waals surface area (Å²) in [4.78, 5) is 9.04. The van der Waals surface area contributed by atoms with Crippen molar-refractivity contribution in [3.8, 4) is 22.5 Å². The Hall–Kier alpha value is -3.94. The van der Waals surface area contributed by atoms with Crippen LogP contribution in [0.4, 0.5) is 13.2 Å². The van der Waals surface area contributed by atoms with Crippen LogP contribution in [-0.2, 0) is 26.3 Å². The molecule has 0 aliphatic rings. The third-order valence-corrected chi connectivity index (χ3v) is 11.5. The number of thiophene rings is 1. The normalized spacial score (nSPS) is 13.2. The quantitative estimate of drug-likeness (QED) is 0.127. The monoisotopic (exact) mass is 866 g/mol. The Bertz CT molecular complexity index is 2250. The van der Waals surface area contributed by atoms with Crippen LogP contribution in [0.2, 0.25) is 19.6 Å². The van der Waals surface area contributed by atoms with Crippen molar-refractivity contribution in [1.82, 2.24) is 9.97 Å². The molecule has 1 unspecified atom stereocenters. The average Bonchev–Trinajstić information content (AvgIpc) is 3.47. The Kier molecular flexibility index (Phi) is 10.6. The first-order chi connectivity index (χ1) is 23.2. The van der Waals surface area contributed by atoms with Gasteiger partial charge in [0.25, 0.3) is 0 Å². The number of alkyl halides is 3. The second-order valence-corrected chi connectivity index (χ2v) is 18.9. The molecule has 0 spiro atoms. The maximum Gasteiger partial charge on any atom is 0.416 e. The van der Waals surface area contributed by atoms with E-state index in [1.165, 1.54) is 28.7 Å². The third-order valence-electron chi connectivity index (χ3n) is 8.27. The average molecular weight is 866 g/mol. The van der Waals surface area contributed by atoms with Gasteiger partial charge in [-0.2, -0.15) is 24.5 Å². The van der Waals surface area contributed by atoms with E-state index in [1.807, 2.05) is 80.7 Å². The Morgan fingerprint density at radius 1 is 0.796 bits per heavy atom. The minimum Gasteiger partial charge on any atom is -0.305 e. The van der Waals surface area contributed by atoms with E-state index in [4.69, 9.17) is 1.37 Å². The molecule has 3 heterocycles. The second-order valence-electron chi connectivity index (χ2n) is 12.8. The molecule has 4 aromatic carbocycles. The van der Waals surface area contributed by atoms with E-state index < -0.39 is 25.7 Å². The summed E-state index contributed by atoms with van der Waals surface area (Å²) in [6.07, 6.45) is -0.701. The molecule has 2 nitrogen and oxygen atoms in total. The van der Waals surface area contributed by atoms with Crippen LogP contribution in [0.15, 0.2) is 116 Å². The summed E-state index contributed by atoms with van der Waals surface area (Å²) in [5.74, 6) is -0.987. The number of aromatic nitrogens is 2. The first-order valence-corrected chi connectivity index (χ1v) is 20.0. The second kappa shape index (κ2) is 14.9. The van der Waals surface area contributed by atoms with Crippen LogP contribution >= 0.6 is 11.3 Å². The summed E-state index contributed by atoms with van der Waals surface area (Å²) in [6.45, 7) is 10.8. The molecule has 49 heavy (non-hydrogen) atoms. The van der Waals surface area contributed by atoms with Gasteiger partial charge in [-0.15, -0.1) is 59.7 Å². The van der Waals surface area contributed by atoms with Crippen molar-refractivity contribution in [1.29, 1.82) is 0 Å². The first-order valence-electron chi connectivity index (χ1n) is 16.1. The number of aryl methyl sites for hydroxylation is 1. The van der Waals surface area contributed by atoms with E-state index in [0.29, 0.717) is 11.1 Å². The van der Waals surface area contributed by atoms with Gasteiger partial charge < -0.3 is 9.97 Å². The van der Waals surface area contributed by atoms with Crippen molar-refractivity contribution in [2.75, 3.05) is 0 Å². The summed E-state index contributed by atoms with van der Waals surface area (Å²) < 4.78 is 50.4. The van der Waals surface area contributed by atoms with Gasteiger partial charge >= 0.3 is 6.18 Å². The van der Waals surface area contributed by atoms with Crippen LogP contribution in [0, 0.1) is 19.1 Å². The largest absolute Gasteiger partial charge is 0.416 e. The zero-order valence-electron chi connectivity index (χ0n) is 28.7. The van der Waals surface area contributed by atoms with Gasteiger partial charge in [0.1, 0.15) is 0 Å². The van der Waals surface area contributed by atoms with Crippen LogP contribution < -0.4 is 5.19 Å². The Labute approximate surface area is 305 Å². The van der Waals surface area contributed by atoms with E-state index in [0.717, 1.165) is 54.4 Å². The van der Waals surface area contributed by atoms with E-state index in [2.05, 4.69) is 53.9 Å². The minimum absolute atomic E-state index is 0. The minimum atomic E-state index is -4.39. The van der Waals surface area contributed by atoms with Crippen LogP contribution in [0.1, 0.15) is 36.4 Å². The summed E-state index contributed by atoms with van der Waals surface area (Å²) >= 11 is 1.43. The molecular formula is C41H35F3IrN2SSi-2. The molecule has 0 amide bonds. The van der Waals surface area contributed by atoms with Gasteiger partial charge in [-0.1, -0.05) is 80.0 Å². The number of hydrogen-bond donors (Lipinski definition) is 0. The van der Waals surface area contributed by atoms with Crippen molar-refractivity contribution in [2.45, 2.75) is 45.6 Å². The summed E-state index contributed by atoms with van der Waals surface area (Å²) in [5.41, 5.74) is 5.52. The van der Waals surface area contributed by atoms with Gasteiger partial charge in [0, 0.05) is 44.5 Å². The molecular weight excluding hydrogens is 830 g/mol. The third kappa shape index (κ3) is 8.27. The van der Waals surface area contributed by atoms with Gasteiger partial charge in [0.15, 0.2) is 0 Å². The predicted octanol–water partition coefficient (Wildman–Crippen LogP) is 11.5. The number of benzene rings is 4. The standard InChI is InChI=1S/C27H19F3NS.C14H16NSi.Ir/c1-16-5-3-6-18(13-16)17(2)19-11-12-31-24(14-19)22-8-4-7-21-23-15-20(27(28,29)30)9-10-25(23)32-26(21)22;1-16(2,3)13-9-10-14(15-11-13)12-7-5-4-6-8-12;/h3-7,9-15,17H,1-2H3;4-7,9-11H,1-3H3;/q2*-1;/i17D;;. The van der Waals surface area contributed by atoms with Crippen LogP contribution in [0.3, 0.4) is 0 Å². The molecule has 0 saturated heterocycles. The van der Waals surface area contributed by atoms with Crippen LogP contribution in [0.25, 0.3) is 42.7 Å². The molecule has 7 aromatic rings. The van der Waals surface area contributed by atoms with E-state index in [1.54, 1.807) is 18.3 Å². The maximum atomic E-state index is 13.3. The molecule has 7 rings (SSSR count). The molecule has 1 radical (unpaired) electrons. The van der Waals surface area contributed by atoms with E-state index >= 15 is 0 Å². The number of pyridine rings is 2. The van der Waals surface area contributed by atoms with E-state index in [9.17, 15) is 13.2 Å². The molecule has 0 fully saturated rings. The van der Waals surface area contributed by atoms with Gasteiger partial charge in [0.2, 0.25) is 0 Å². The zero-order valence-corrected chi connectivity index (χ0v) is 32.0. The fraction of sp³-hybridized carbons (Fsp3) is 0.171. The predicted molar refractivity (Wildman–Crippen MR) is 197 cm³/mol. The molecule has 0 saturated carbocycles. The van der Waals surface area contributed by atoms with Gasteiger partial charge in [0.05, 0.1) is 13.6 Å². The molecule has 251 valence electrons. The van der Waals surface area contributed by atoms with Gasteiger partial charge in [-0.3, -0.25) is 0 Å². The number of nitrogens with zero attached hydrogens (tertiary/aromatic N) is 2. The number of fused-ring (bicyclic) bond motifs is 3.